The highest BCUT2D eigenvalue weighted by atomic mass is 16.2. The molecule has 1 N–H and O–H groups in total. The fourth-order valence-corrected chi connectivity index (χ4v) is 4.65. The van der Waals surface area contributed by atoms with E-state index in [1.54, 1.807) is 0 Å². The average molecular weight is 294 g/mol. The lowest BCUT2D eigenvalue weighted by Gasteiger charge is -2.48. The number of piperidine rings is 1. The van der Waals surface area contributed by atoms with Gasteiger partial charge in [0.05, 0.1) is 5.41 Å². The Hall–Kier alpha value is -0.570. The zero-order valence-electron chi connectivity index (χ0n) is 14.5. The van der Waals surface area contributed by atoms with Gasteiger partial charge in [-0.2, -0.15) is 0 Å². The highest BCUT2D eigenvalue weighted by Gasteiger charge is 2.48. The number of hydrogen-bond donors (Lipinski definition) is 1. The molecule has 0 spiro atoms. The van der Waals surface area contributed by atoms with E-state index in [1.165, 1.54) is 32.1 Å². The Morgan fingerprint density at radius 1 is 1.00 bits per heavy atom. The van der Waals surface area contributed by atoms with Crippen molar-refractivity contribution in [3.8, 4) is 0 Å². The highest BCUT2D eigenvalue weighted by Crippen LogP contribution is 2.46. The Labute approximate surface area is 130 Å². The van der Waals surface area contributed by atoms with Gasteiger partial charge >= 0.3 is 0 Å². The molecule has 0 atom stereocenters. The SMILES string of the molecule is CC(C)N(C(=O)C1(C2CCCCC2)CCNCC1)C(C)C. The molecular weight excluding hydrogens is 260 g/mol. The van der Waals surface area contributed by atoms with Gasteiger partial charge in [0.15, 0.2) is 0 Å². The summed E-state index contributed by atoms with van der Waals surface area (Å²) in [6, 6.07) is 0.598. The van der Waals surface area contributed by atoms with Gasteiger partial charge in [-0.05, 0) is 72.4 Å². The third-order valence-electron chi connectivity index (χ3n) is 5.66. The quantitative estimate of drug-likeness (QED) is 0.859. The van der Waals surface area contributed by atoms with Crippen LogP contribution in [0.5, 0.6) is 0 Å². The number of nitrogens with one attached hydrogen (secondary N) is 1. The van der Waals surface area contributed by atoms with Crippen molar-refractivity contribution in [2.75, 3.05) is 13.1 Å². The summed E-state index contributed by atoms with van der Waals surface area (Å²) in [7, 11) is 0. The van der Waals surface area contributed by atoms with Crippen molar-refractivity contribution in [3.63, 3.8) is 0 Å². The third-order valence-corrected chi connectivity index (χ3v) is 5.66. The number of rotatable bonds is 4. The van der Waals surface area contributed by atoms with Gasteiger partial charge in [-0.25, -0.2) is 0 Å². The second-order valence-electron chi connectivity index (χ2n) is 7.64. The first-order chi connectivity index (χ1) is 9.99. The summed E-state index contributed by atoms with van der Waals surface area (Å²) in [5, 5.41) is 3.46. The first-order valence-electron chi connectivity index (χ1n) is 9.02. The molecule has 1 aliphatic heterocycles. The molecule has 1 heterocycles. The molecule has 1 saturated carbocycles. The maximum absolute atomic E-state index is 13.5. The van der Waals surface area contributed by atoms with Crippen molar-refractivity contribution in [2.24, 2.45) is 11.3 Å². The molecule has 122 valence electrons. The minimum absolute atomic E-state index is 0.0831. The van der Waals surface area contributed by atoms with Gasteiger partial charge < -0.3 is 10.2 Å². The normalized spacial score (nSPS) is 23.5. The van der Waals surface area contributed by atoms with Crippen molar-refractivity contribution in [3.05, 3.63) is 0 Å². The van der Waals surface area contributed by atoms with Gasteiger partial charge in [-0.1, -0.05) is 19.3 Å². The summed E-state index contributed by atoms with van der Waals surface area (Å²) >= 11 is 0. The van der Waals surface area contributed by atoms with Crippen LogP contribution in [0.2, 0.25) is 0 Å². The second-order valence-corrected chi connectivity index (χ2v) is 7.64. The number of amides is 1. The van der Waals surface area contributed by atoms with Gasteiger partial charge in [0, 0.05) is 12.1 Å². The van der Waals surface area contributed by atoms with Crippen molar-refractivity contribution < 1.29 is 4.79 Å². The largest absolute Gasteiger partial charge is 0.337 e. The molecule has 0 bridgehead atoms. The van der Waals surface area contributed by atoms with Gasteiger partial charge in [0.1, 0.15) is 0 Å². The van der Waals surface area contributed by atoms with Crippen LogP contribution < -0.4 is 5.32 Å². The summed E-state index contributed by atoms with van der Waals surface area (Å²) in [5.41, 5.74) is -0.0831. The average Bonchev–Trinajstić information content (AvgIpc) is 2.48. The van der Waals surface area contributed by atoms with Crippen LogP contribution in [0.3, 0.4) is 0 Å². The number of nitrogens with zero attached hydrogens (tertiary/aromatic N) is 1. The third kappa shape index (κ3) is 3.44. The highest BCUT2D eigenvalue weighted by molar-refractivity contribution is 5.84. The topological polar surface area (TPSA) is 32.3 Å². The van der Waals surface area contributed by atoms with Crippen LogP contribution in [0, 0.1) is 11.3 Å². The molecule has 21 heavy (non-hydrogen) atoms. The van der Waals surface area contributed by atoms with E-state index in [4.69, 9.17) is 0 Å². The van der Waals surface area contributed by atoms with E-state index in [-0.39, 0.29) is 5.41 Å². The summed E-state index contributed by atoms with van der Waals surface area (Å²) in [6.07, 6.45) is 8.58. The Bertz CT molecular complexity index is 331. The molecule has 2 fully saturated rings. The maximum Gasteiger partial charge on any atom is 0.229 e. The lowest BCUT2D eigenvalue weighted by molar-refractivity contribution is -0.153. The maximum atomic E-state index is 13.5. The Balaban J connectivity index is 2.27. The summed E-state index contributed by atoms with van der Waals surface area (Å²) in [5.74, 6) is 1.06. The van der Waals surface area contributed by atoms with Crippen LogP contribution in [-0.4, -0.2) is 36.0 Å². The first-order valence-corrected chi connectivity index (χ1v) is 9.02. The molecule has 0 aromatic rings. The summed E-state index contributed by atoms with van der Waals surface area (Å²) in [4.78, 5) is 15.7. The molecule has 1 saturated heterocycles. The molecule has 3 nitrogen and oxygen atoms in total. The van der Waals surface area contributed by atoms with Crippen molar-refractivity contribution in [2.45, 2.75) is 84.7 Å². The second kappa shape index (κ2) is 7.13. The first kappa shape index (κ1) is 16.8. The lowest BCUT2D eigenvalue weighted by Crippen LogP contribution is -2.56. The smallest absolute Gasteiger partial charge is 0.229 e. The fraction of sp³-hybridized carbons (Fsp3) is 0.944. The summed E-state index contributed by atoms with van der Waals surface area (Å²) in [6.45, 7) is 10.7. The molecule has 2 aliphatic rings. The molecule has 1 aliphatic carbocycles. The van der Waals surface area contributed by atoms with Crippen LogP contribution in [0.4, 0.5) is 0 Å². The van der Waals surface area contributed by atoms with Gasteiger partial charge in [0.2, 0.25) is 5.91 Å². The van der Waals surface area contributed by atoms with Crippen molar-refractivity contribution >= 4 is 5.91 Å². The zero-order valence-corrected chi connectivity index (χ0v) is 14.5. The molecule has 3 heteroatoms. The number of hydrogen-bond acceptors (Lipinski definition) is 2. The van der Waals surface area contributed by atoms with E-state index < -0.39 is 0 Å². The monoisotopic (exact) mass is 294 g/mol. The fourth-order valence-electron chi connectivity index (χ4n) is 4.65. The Morgan fingerprint density at radius 2 is 1.52 bits per heavy atom. The van der Waals surface area contributed by atoms with E-state index in [9.17, 15) is 4.79 Å². The van der Waals surface area contributed by atoms with E-state index in [1.807, 2.05) is 0 Å². The van der Waals surface area contributed by atoms with E-state index in [0.29, 0.717) is 23.9 Å². The van der Waals surface area contributed by atoms with Gasteiger partial charge in [-0.15, -0.1) is 0 Å². The van der Waals surface area contributed by atoms with Crippen LogP contribution in [0.15, 0.2) is 0 Å². The summed E-state index contributed by atoms with van der Waals surface area (Å²) < 4.78 is 0. The molecule has 0 aromatic carbocycles. The predicted molar refractivity (Wildman–Crippen MR) is 88.2 cm³/mol. The van der Waals surface area contributed by atoms with Gasteiger partial charge in [-0.3, -0.25) is 4.79 Å². The Morgan fingerprint density at radius 3 is 2.00 bits per heavy atom. The molecule has 0 radical (unpaired) electrons. The minimum Gasteiger partial charge on any atom is -0.337 e. The minimum atomic E-state index is -0.0831. The molecule has 0 aromatic heterocycles. The van der Waals surface area contributed by atoms with Crippen LogP contribution >= 0.6 is 0 Å². The number of carbonyl (C=O) groups excluding carboxylic acids is 1. The Kier molecular flexibility index (Phi) is 5.70. The molecule has 1 amide bonds. The van der Waals surface area contributed by atoms with E-state index >= 15 is 0 Å². The van der Waals surface area contributed by atoms with Crippen LogP contribution in [0.1, 0.15) is 72.6 Å². The number of carbonyl (C=O) groups is 1. The van der Waals surface area contributed by atoms with Crippen molar-refractivity contribution in [1.82, 2.24) is 10.2 Å². The van der Waals surface area contributed by atoms with E-state index in [0.717, 1.165) is 25.9 Å². The van der Waals surface area contributed by atoms with Gasteiger partial charge in [0.25, 0.3) is 0 Å². The molecule has 0 unspecified atom stereocenters. The van der Waals surface area contributed by atoms with Crippen LogP contribution in [-0.2, 0) is 4.79 Å². The predicted octanol–water partition coefficient (Wildman–Crippen LogP) is 3.58. The molecule has 2 rings (SSSR count). The lowest BCUT2D eigenvalue weighted by atomic mass is 9.63. The standard InChI is InChI=1S/C18H34N2O/c1-14(2)20(15(3)4)17(21)18(10-12-19-13-11-18)16-8-6-5-7-9-16/h14-16,19H,5-13H2,1-4H3. The zero-order chi connectivity index (χ0) is 15.5. The van der Waals surface area contributed by atoms with Crippen molar-refractivity contribution in [1.29, 1.82) is 0 Å². The van der Waals surface area contributed by atoms with E-state index in [2.05, 4.69) is 37.9 Å². The molecular formula is C18H34N2O. The van der Waals surface area contributed by atoms with Crippen LogP contribution in [0.25, 0.3) is 0 Å².